The molecule has 29 heavy (non-hydrogen) atoms. The molecule has 0 atom stereocenters. The molecule has 3 rings (SSSR count). The van der Waals surface area contributed by atoms with Gasteiger partial charge in [0, 0.05) is 57.6 Å². The fourth-order valence-electron chi connectivity index (χ4n) is 3.86. The average Bonchev–Trinajstić information content (AvgIpc) is 2.91. The summed E-state index contributed by atoms with van der Waals surface area (Å²) >= 11 is 0. The Labute approximate surface area is 170 Å². The first-order chi connectivity index (χ1) is 13.7. The van der Waals surface area contributed by atoms with Crippen LogP contribution in [-0.2, 0) is 7.05 Å². The van der Waals surface area contributed by atoms with Gasteiger partial charge in [0.1, 0.15) is 11.5 Å². The molecule has 0 N–H and O–H groups in total. The summed E-state index contributed by atoms with van der Waals surface area (Å²) in [5.41, 5.74) is -0.0226. The van der Waals surface area contributed by atoms with Crippen LogP contribution in [0.1, 0.15) is 56.7 Å². The van der Waals surface area contributed by atoms with Gasteiger partial charge in [-0.15, -0.1) is 0 Å². The maximum atomic E-state index is 13.0. The van der Waals surface area contributed by atoms with Crippen molar-refractivity contribution in [3.05, 3.63) is 44.9 Å². The van der Waals surface area contributed by atoms with E-state index in [1.807, 2.05) is 37.5 Å². The second kappa shape index (κ2) is 8.26. The molecule has 1 aliphatic rings. The maximum absolute atomic E-state index is 13.0. The summed E-state index contributed by atoms with van der Waals surface area (Å²) in [5.74, 6) is 0.574. The standard InChI is InChI=1S/C20H30N6O3/c1-14(2)25-17(13-18(27)26(15(3)4)20(25)29)23-9-6-10-24(12-11-23)19(28)16-7-8-21-22(16)5/h7-8,13-15H,6,9-12H2,1-5H3. The molecule has 9 heteroatoms. The monoisotopic (exact) mass is 402 g/mol. The Kier molecular flexibility index (Phi) is 5.95. The molecule has 2 aromatic heterocycles. The molecule has 158 valence electrons. The minimum Gasteiger partial charge on any atom is -0.356 e. The third-order valence-corrected chi connectivity index (χ3v) is 5.33. The molecular weight excluding hydrogens is 372 g/mol. The lowest BCUT2D eigenvalue weighted by atomic mass is 10.3. The SMILES string of the molecule is CC(C)n1c(N2CCCN(C(=O)c3ccnn3C)CC2)cc(=O)n(C(C)C)c1=O. The van der Waals surface area contributed by atoms with Gasteiger partial charge < -0.3 is 9.80 Å². The summed E-state index contributed by atoms with van der Waals surface area (Å²) in [5, 5.41) is 4.07. The molecule has 1 amide bonds. The number of anilines is 1. The van der Waals surface area contributed by atoms with E-state index in [9.17, 15) is 14.4 Å². The van der Waals surface area contributed by atoms with Gasteiger partial charge in [-0.3, -0.25) is 23.4 Å². The van der Waals surface area contributed by atoms with Gasteiger partial charge in [-0.2, -0.15) is 5.10 Å². The third-order valence-electron chi connectivity index (χ3n) is 5.33. The zero-order valence-corrected chi connectivity index (χ0v) is 17.8. The summed E-state index contributed by atoms with van der Waals surface area (Å²) in [6.07, 6.45) is 2.37. The average molecular weight is 402 g/mol. The highest BCUT2D eigenvalue weighted by Crippen LogP contribution is 2.19. The van der Waals surface area contributed by atoms with E-state index in [1.165, 1.54) is 4.57 Å². The molecule has 1 aliphatic heterocycles. The van der Waals surface area contributed by atoms with Crippen molar-refractivity contribution in [2.75, 3.05) is 31.1 Å². The number of aromatic nitrogens is 4. The smallest absolute Gasteiger partial charge is 0.333 e. The minimum atomic E-state index is -0.288. The molecule has 0 spiro atoms. The fraction of sp³-hybridized carbons (Fsp3) is 0.600. The van der Waals surface area contributed by atoms with Crippen LogP contribution in [0.25, 0.3) is 0 Å². The van der Waals surface area contributed by atoms with E-state index < -0.39 is 0 Å². The van der Waals surface area contributed by atoms with Crippen LogP contribution >= 0.6 is 0 Å². The maximum Gasteiger partial charge on any atom is 0.333 e. The van der Waals surface area contributed by atoms with Gasteiger partial charge in [-0.05, 0) is 40.2 Å². The Balaban J connectivity index is 1.91. The topological polar surface area (TPSA) is 85.4 Å². The molecule has 0 radical (unpaired) electrons. The Bertz CT molecular complexity index is 1000. The number of aryl methyl sites for hydroxylation is 1. The largest absolute Gasteiger partial charge is 0.356 e. The van der Waals surface area contributed by atoms with Crippen molar-refractivity contribution in [2.45, 2.75) is 46.2 Å². The predicted octanol–water partition coefficient (Wildman–Crippen LogP) is 1.26. The van der Waals surface area contributed by atoms with Crippen molar-refractivity contribution in [2.24, 2.45) is 7.05 Å². The van der Waals surface area contributed by atoms with Crippen molar-refractivity contribution in [3.8, 4) is 0 Å². The number of nitrogens with zero attached hydrogens (tertiary/aromatic N) is 6. The second-order valence-corrected chi connectivity index (χ2v) is 8.02. The molecular formula is C20H30N6O3. The van der Waals surface area contributed by atoms with E-state index in [0.717, 1.165) is 6.42 Å². The van der Waals surface area contributed by atoms with E-state index >= 15 is 0 Å². The van der Waals surface area contributed by atoms with Crippen molar-refractivity contribution in [1.29, 1.82) is 0 Å². The van der Waals surface area contributed by atoms with Gasteiger partial charge in [0.2, 0.25) is 0 Å². The summed E-state index contributed by atoms with van der Waals surface area (Å²) in [6, 6.07) is 2.98. The second-order valence-electron chi connectivity index (χ2n) is 8.02. The fourth-order valence-corrected chi connectivity index (χ4v) is 3.86. The Hall–Kier alpha value is -2.84. The van der Waals surface area contributed by atoms with Crippen molar-refractivity contribution >= 4 is 11.7 Å². The summed E-state index contributed by atoms with van der Waals surface area (Å²) in [6.45, 7) is 9.92. The first-order valence-corrected chi connectivity index (χ1v) is 10.1. The van der Waals surface area contributed by atoms with E-state index in [4.69, 9.17) is 0 Å². The number of carbonyl (C=O) groups excluding carboxylic acids is 1. The minimum absolute atomic E-state index is 0.0525. The van der Waals surface area contributed by atoms with Crippen LogP contribution in [0.3, 0.4) is 0 Å². The van der Waals surface area contributed by atoms with Crippen LogP contribution in [0.4, 0.5) is 5.82 Å². The highest BCUT2D eigenvalue weighted by atomic mass is 16.2. The van der Waals surface area contributed by atoms with Crippen LogP contribution in [0.15, 0.2) is 27.9 Å². The van der Waals surface area contributed by atoms with Crippen molar-refractivity contribution < 1.29 is 4.79 Å². The van der Waals surface area contributed by atoms with Crippen LogP contribution in [0, 0.1) is 0 Å². The number of hydrogen-bond acceptors (Lipinski definition) is 5. The zero-order valence-electron chi connectivity index (χ0n) is 17.8. The summed E-state index contributed by atoms with van der Waals surface area (Å²) in [7, 11) is 1.75. The van der Waals surface area contributed by atoms with Gasteiger partial charge in [0.05, 0.1) is 0 Å². The first-order valence-electron chi connectivity index (χ1n) is 10.1. The van der Waals surface area contributed by atoms with Gasteiger partial charge in [-0.25, -0.2) is 4.79 Å². The van der Waals surface area contributed by atoms with E-state index in [0.29, 0.717) is 37.7 Å². The van der Waals surface area contributed by atoms with Crippen LogP contribution < -0.4 is 16.1 Å². The van der Waals surface area contributed by atoms with Gasteiger partial charge in [0.15, 0.2) is 0 Å². The number of carbonyl (C=O) groups is 1. The Morgan fingerprint density at radius 1 is 1.00 bits per heavy atom. The van der Waals surface area contributed by atoms with Gasteiger partial charge in [0.25, 0.3) is 11.5 Å². The molecule has 2 aromatic rings. The van der Waals surface area contributed by atoms with Crippen molar-refractivity contribution in [1.82, 2.24) is 23.8 Å². The lowest BCUT2D eigenvalue weighted by molar-refractivity contribution is 0.0756. The van der Waals surface area contributed by atoms with E-state index in [2.05, 4.69) is 5.10 Å². The number of hydrogen-bond donors (Lipinski definition) is 0. The van der Waals surface area contributed by atoms with Crippen LogP contribution in [0.2, 0.25) is 0 Å². The quantitative estimate of drug-likeness (QED) is 0.769. The zero-order chi connectivity index (χ0) is 21.3. The molecule has 0 bridgehead atoms. The Morgan fingerprint density at radius 2 is 1.69 bits per heavy atom. The van der Waals surface area contributed by atoms with Gasteiger partial charge >= 0.3 is 5.69 Å². The van der Waals surface area contributed by atoms with Crippen LogP contribution in [-0.4, -0.2) is 55.9 Å². The lowest BCUT2D eigenvalue weighted by Gasteiger charge is -2.28. The van der Waals surface area contributed by atoms with E-state index in [1.54, 1.807) is 34.6 Å². The highest BCUT2D eigenvalue weighted by Gasteiger charge is 2.25. The number of amides is 1. The molecule has 1 saturated heterocycles. The number of rotatable bonds is 4. The van der Waals surface area contributed by atoms with Gasteiger partial charge in [-0.1, -0.05) is 0 Å². The van der Waals surface area contributed by atoms with Crippen LogP contribution in [0.5, 0.6) is 0 Å². The predicted molar refractivity (Wildman–Crippen MR) is 112 cm³/mol. The molecule has 0 aliphatic carbocycles. The Morgan fingerprint density at radius 3 is 2.28 bits per heavy atom. The van der Waals surface area contributed by atoms with E-state index in [-0.39, 0.29) is 29.2 Å². The molecule has 0 unspecified atom stereocenters. The molecule has 0 aromatic carbocycles. The van der Waals surface area contributed by atoms with Crippen molar-refractivity contribution in [3.63, 3.8) is 0 Å². The molecule has 3 heterocycles. The highest BCUT2D eigenvalue weighted by molar-refractivity contribution is 5.92. The molecule has 1 fully saturated rings. The first kappa shape index (κ1) is 20.9. The lowest BCUT2D eigenvalue weighted by Crippen LogP contribution is -2.45. The normalized spacial score (nSPS) is 15.3. The summed E-state index contributed by atoms with van der Waals surface area (Å²) < 4.78 is 4.55. The molecule has 9 nitrogen and oxygen atoms in total. The summed E-state index contributed by atoms with van der Waals surface area (Å²) in [4.78, 5) is 42.3. The third kappa shape index (κ3) is 3.99. The molecule has 0 saturated carbocycles.